The smallest absolute Gasteiger partial charge is 0.305 e. The summed E-state index contributed by atoms with van der Waals surface area (Å²) in [7, 11) is 1.37. The van der Waals surface area contributed by atoms with Crippen molar-refractivity contribution in [3.05, 3.63) is 53.0 Å². The van der Waals surface area contributed by atoms with Gasteiger partial charge < -0.3 is 14.5 Å². The average Bonchev–Trinajstić information content (AvgIpc) is 3.58. The van der Waals surface area contributed by atoms with Gasteiger partial charge in [0.1, 0.15) is 12.1 Å². The van der Waals surface area contributed by atoms with Crippen molar-refractivity contribution in [1.29, 1.82) is 0 Å². The van der Waals surface area contributed by atoms with E-state index in [2.05, 4.69) is 15.2 Å². The molecule has 4 rings (SSSR count). The Morgan fingerprint density at radius 2 is 2.00 bits per heavy atom. The van der Waals surface area contributed by atoms with Crippen molar-refractivity contribution < 1.29 is 24.6 Å². The van der Waals surface area contributed by atoms with Crippen molar-refractivity contribution in [2.24, 2.45) is 5.92 Å². The van der Waals surface area contributed by atoms with E-state index in [0.717, 1.165) is 49.3 Å². The SMILES string of the molecule is COC(=O)CCc1ccc(F)cc1CN1CCCC1c1nc(C(=O)NCCCCC2CCCCC2)co1.[HH]. The van der Waals surface area contributed by atoms with Crippen LogP contribution in [-0.4, -0.2) is 42.0 Å². The molecule has 1 aliphatic carbocycles. The van der Waals surface area contributed by atoms with E-state index in [1.165, 1.54) is 64.0 Å². The van der Waals surface area contributed by atoms with Crippen LogP contribution < -0.4 is 5.32 Å². The fourth-order valence-electron chi connectivity index (χ4n) is 5.71. The molecule has 1 amide bonds. The van der Waals surface area contributed by atoms with Crippen molar-refractivity contribution in [3.8, 4) is 0 Å². The second kappa shape index (κ2) is 13.7. The first-order chi connectivity index (χ1) is 18.0. The number of nitrogens with zero attached hydrogens (tertiary/aromatic N) is 2. The monoisotopic (exact) mass is 515 g/mol. The van der Waals surface area contributed by atoms with Gasteiger partial charge in [-0.15, -0.1) is 0 Å². The van der Waals surface area contributed by atoms with Gasteiger partial charge in [0.05, 0.1) is 13.2 Å². The van der Waals surface area contributed by atoms with Crippen LogP contribution in [-0.2, 0) is 22.5 Å². The third-order valence-electron chi connectivity index (χ3n) is 7.82. The quantitative estimate of drug-likeness (QED) is 0.276. The topological polar surface area (TPSA) is 84.7 Å². The van der Waals surface area contributed by atoms with Crippen molar-refractivity contribution in [3.63, 3.8) is 0 Å². The Kier molecular flexibility index (Phi) is 10.1. The van der Waals surface area contributed by atoms with Gasteiger partial charge >= 0.3 is 5.97 Å². The Morgan fingerprint density at radius 1 is 1.16 bits per heavy atom. The molecule has 2 aromatic rings. The molecule has 2 heterocycles. The number of rotatable bonds is 12. The molecule has 1 saturated carbocycles. The number of methoxy groups -OCH3 is 1. The second-order valence-corrected chi connectivity index (χ2v) is 10.4. The van der Waals surface area contributed by atoms with Gasteiger partial charge in [-0.3, -0.25) is 14.5 Å². The van der Waals surface area contributed by atoms with E-state index in [1.807, 2.05) is 0 Å². The summed E-state index contributed by atoms with van der Waals surface area (Å²) < 4.78 is 24.6. The van der Waals surface area contributed by atoms with Gasteiger partial charge in [0.2, 0.25) is 5.89 Å². The number of benzene rings is 1. The highest BCUT2D eigenvalue weighted by molar-refractivity contribution is 5.91. The molecule has 2 aliphatic rings. The lowest BCUT2D eigenvalue weighted by Crippen LogP contribution is -2.26. The summed E-state index contributed by atoms with van der Waals surface area (Å²) in [5.74, 6) is 0.596. The van der Waals surface area contributed by atoms with Gasteiger partial charge in [0, 0.05) is 20.9 Å². The maximum Gasteiger partial charge on any atom is 0.305 e. The summed E-state index contributed by atoms with van der Waals surface area (Å²) in [6.07, 6.45) is 14.2. The highest BCUT2D eigenvalue weighted by atomic mass is 19.1. The third kappa shape index (κ3) is 7.87. The Hall–Kier alpha value is -2.74. The summed E-state index contributed by atoms with van der Waals surface area (Å²) in [6, 6.07) is 4.62. The molecule has 204 valence electrons. The minimum atomic E-state index is -0.304. The lowest BCUT2D eigenvalue weighted by molar-refractivity contribution is -0.140. The maximum atomic E-state index is 14.1. The Balaban J connectivity index is 0.00000400. The number of carbonyl (C=O) groups is 2. The normalized spacial score (nSPS) is 18.7. The van der Waals surface area contributed by atoms with Crippen LogP contribution >= 0.6 is 0 Å². The molecule has 1 aromatic carbocycles. The number of halogens is 1. The fourth-order valence-corrected chi connectivity index (χ4v) is 5.71. The minimum Gasteiger partial charge on any atom is -0.469 e. The molecule has 7 nitrogen and oxygen atoms in total. The molecule has 0 bridgehead atoms. The molecule has 1 saturated heterocycles. The van der Waals surface area contributed by atoms with Gasteiger partial charge in [-0.05, 0) is 61.4 Å². The van der Waals surface area contributed by atoms with Crippen LogP contribution in [0.3, 0.4) is 0 Å². The van der Waals surface area contributed by atoms with E-state index in [9.17, 15) is 14.0 Å². The highest BCUT2D eigenvalue weighted by Gasteiger charge is 2.31. The number of ether oxygens (including phenoxy) is 1. The molecule has 1 N–H and O–H groups in total. The van der Waals surface area contributed by atoms with Crippen molar-refractivity contribution >= 4 is 11.9 Å². The van der Waals surface area contributed by atoms with Gasteiger partial charge in [-0.2, -0.15) is 0 Å². The van der Waals surface area contributed by atoms with Crippen LogP contribution in [0.5, 0.6) is 0 Å². The minimum absolute atomic E-state index is 0. The molecule has 37 heavy (non-hydrogen) atoms. The van der Waals surface area contributed by atoms with E-state index in [4.69, 9.17) is 9.15 Å². The first kappa shape index (κ1) is 27.3. The van der Waals surface area contributed by atoms with E-state index in [1.54, 1.807) is 6.07 Å². The van der Waals surface area contributed by atoms with E-state index < -0.39 is 0 Å². The van der Waals surface area contributed by atoms with Crippen molar-refractivity contribution in [1.82, 2.24) is 15.2 Å². The molecular weight excluding hydrogens is 473 g/mol. The number of hydrogen-bond acceptors (Lipinski definition) is 6. The zero-order valence-corrected chi connectivity index (χ0v) is 22.0. The van der Waals surface area contributed by atoms with E-state index in [-0.39, 0.29) is 31.6 Å². The number of oxazole rings is 1. The number of unbranched alkanes of at least 4 members (excludes halogenated alkanes) is 1. The highest BCUT2D eigenvalue weighted by Crippen LogP contribution is 2.33. The number of esters is 1. The Bertz CT molecular complexity index is 1040. The first-order valence-electron chi connectivity index (χ1n) is 13.8. The number of nitrogens with one attached hydrogen (secondary N) is 1. The van der Waals surface area contributed by atoms with Gasteiger partial charge in [0.25, 0.3) is 5.91 Å². The molecule has 0 radical (unpaired) electrons. The van der Waals surface area contributed by atoms with Crippen LogP contribution in [0.1, 0.15) is 106 Å². The summed E-state index contributed by atoms with van der Waals surface area (Å²) in [6.45, 7) is 1.99. The number of carbonyl (C=O) groups excluding carboxylic acids is 2. The number of likely N-dealkylation sites (tertiary alicyclic amines) is 1. The lowest BCUT2D eigenvalue weighted by Gasteiger charge is -2.23. The second-order valence-electron chi connectivity index (χ2n) is 10.4. The van der Waals surface area contributed by atoms with Crippen LogP contribution in [0.25, 0.3) is 0 Å². The van der Waals surface area contributed by atoms with Gasteiger partial charge in [-0.1, -0.05) is 51.0 Å². The fraction of sp³-hybridized carbons (Fsp3) is 0.621. The van der Waals surface area contributed by atoms with Crippen LogP contribution in [0, 0.1) is 11.7 Å². The molecular formula is C29H42FN3O4. The first-order valence-corrected chi connectivity index (χ1v) is 13.8. The summed E-state index contributed by atoms with van der Waals surface area (Å²) >= 11 is 0. The number of aryl methyl sites for hydroxylation is 1. The zero-order chi connectivity index (χ0) is 26.0. The number of aromatic nitrogens is 1. The standard InChI is InChI=1S/C29H40FN3O4.H2/c1-36-27(34)15-13-22-12-14-24(30)18-23(22)19-33-17-7-11-26(33)29-32-25(20-37-29)28(35)31-16-6-5-10-21-8-3-2-4-9-21;/h12,14,18,20-21,26H,2-11,13,15-17,19H2,1H3,(H,31,35);1H. The predicted molar refractivity (Wildman–Crippen MR) is 140 cm³/mol. The summed E-state index contributed by atoms with van der Waals surface area (Å²) in [5.41, 5.74) is 2.07. The maximum absolute atomic E-state index is 14.1. The number of hydrogen-bond donors (Lipinski definition) is 1. The predicted octanol–water partition coefficient (Wildman–Crippen LogP) is 5.98. The third-order valence-corrected chi connectivity index (χ3v) is 7.82. The zero-order valence-electron chi connectivity index (χ0n) is 22.0. The number of amides is 1. The van der Waals surface area contributed by atoms with Crippen LogP contribution in [0.2, 0.25) is 0 Å². The summed E-state index contributed by atoms with van der Waals surface area (Å²) in [4.78, 5) is 30.9. The molecule has 1 aliphatic heterocycles. The molecule has 1 unspecified atom stereocenters. The average molecular weight is 516 g/mol. The van der Waals surface area contributed by atoms with Crippen molar-refractivity contribution in [2.75, 3.05) is 20.2 Å². The van der Waals surface area contributed by atoms with E-state index >= 15 is 0 Å². The largest absolute Gasteiger partial charge is 0.469 e. The summed E-state index contributed by atoms with van der Waals surface area (Å²) in [5, 5.41) is 2.98. The molecule has 0 spiro atoms. The molecule has 2 fully saturated rings. The van der Waals surface area contributed by atoms with Crippen molar-refractivity contribution in [2.45, 2.75) is 89.6 Å². The van der Waals surface area contributed by atoms with Gasteiger partial charge in [-0.25, -0.2) is 9.37 Å². The van der Waals surface area contributed by atoms with Crippen LogP contribution in [0.15, 0.2) is 28.9 Å². The van der Waals surface area contributed by atoms with Gasteiger partial charge in [0.15, 0.2) is 5.69 Å². The lowest BCUT2D eigenvalue weighted by atomic mass is 9.86. The Morgan fingerprint density at radius 3 is 2.81 bits per heavy atom. The molecule has 8 heteroatoms. The Labute approximate surface area is 220 Å². The molecule has 1 atom stereocenters. The molecule has 1 aromatic heterocycles. The van der Waals surface area contributed by atoms with E-state index in [0.29, 0.717) is 31.1 Å². The van der Waals surface area contributed by atoms with Crippen LogP contribution in [0.4, 0.5) is 4.39 Å².